The van der Waals surface area contributed by atoms with Gasteiger partial charge in [0, 0.05) is 32.9 Å². The van der Waals surface area contributed by atoms with Crippen molar-refractivity contribution in [2.24, 2.45) is 0 Å². The van der Waals surface area contributed by atoms with E-state index in [2.05, 4.69) is 0 Å². The molecule has 0 atom stereocenters. The van der Waals surface area contributed by atoms with Crippen molar-refractivity contribution < 1.29 is 8.42 Å². The largest absolute Gasteiger partial charge is 0.378 e. The summed E-state index contributed by atoms with van der Waals surface area (Å²) in [4.78, 5) is 2.35. The monoisotopic (exact) mass is 268 g/mol. The summed E-state index contributed by atoms with van der Waals surface area (Å²) in [5.41, 5.74) is 1.01. The van der Waals surface area contributed by atoms with Crippen molar-refractivity contribution in [3.8, 4) is 0 Å². The Morgan fingerprint density at radius 3 is 2.06 bits per heavy atom. The molecule has 0 aliphatic carbocycles. The number of anilines is 1. The molecule has 1 aromatic rings. The highest BCUT2D eigenvalue weighted by Crippen LogP contribution is 2.22. The third kappa shape index (κ3) is 2.67. The van der Waals surface area contributed by atoms with Gasteiger partial charge in [-0.3, -0.25) is 0 Å². The third-order valence-electron chi connectivity index (χ3n) is 3.31. The Morgan fingerprint density at radius 1 is 1.00 bits per heavy atom. The highest BCUT2D eigenvalue weighted by atomic mass is 32.2. The minimum absolute atomic E-state index is 0.398. The molecule has 1 fully saturated rings. The number of rotatable bonds is 3. The standard InChI is InChI=1S/C13H20N2O2S/c1-14(2)12-6-8-13(9-7-12)18(16,17)15-10-4-3-5-11-15/h6-9H,3-5,10-11H2,1-2H3. The number of nitrogens with zero attached hydrogens (tertiary/aromatic N) is 2. The van der Waals surface area contributed by atoms with E-state index < -0.39 is 10.0 Å². The first kappa shape index (κ1) is 13.4. The SMILES string of the molecule is CN(C)c1ccc(S(=O)(=O)N2CCCCC2)cc1. The van der Waals surface area contributed by atoms with Crippen molar-refractivity contribution in [3.05, 3.63) is 24.3 Å². The zero-order valence-corrected chi connectivity index (χ0v) is 11.8. The van der Waals surface area contributed by atoms with E-state index >= 15 is 0 Å². The molecular formula is C13H20N2O2S. The van der Waals surface area contributed by atoms with E-state index in [0.29, 0.717) is 18.0 Å². The Balaban J connectivity index is 2.23. The lowest BCUT2D eigenvalue weighted by Crippen LogP contribution is -2.35. The number of hydrogen-bond donors (Lipinski definition) is 0. The minimum Gasteiger partial charge on any atom is -0.378 e. The summed E-state index contributed by atoms with van der Waals surface area (Å²) in [5.74, 6) is 0. The molecule has 100 valence electrons. The van der Waals surface area contributed by atoms with E-state index in [1.165, 1.54) is 0 Å². The smallest absolute Gasteiger partial charge is 0.243 e. The number of sulfonamides is 1. The number of piperidine rings is 1. The normalized spacial score (nSPS) is 17.7. The first-order chi connectivity index (χ1) is 8.51. The summed E-state index contributed by atoms with van der Waals surface area (Å²) in [6.45, 7) is 1.30. The maximum absolute atomic E-state index is 12.4. The summed E-state index contributed by atoms with van der Waals surface area (Å²) in [6.07, 6.45) is 3.07. The zero-order chi connectivity index (χ0) is 13.2. The lowest BCUT2D eigenvalue weighted by atomic mass is 10.2. The summed E-state index contributed by atoms with van der Waals surface area (Å²) in [5, 5.41) is 0. The molecule has 1 aromatic carbocycles. The lowest BCUT2D eigenvalue weighted by Gasteiger charge is -2.26. The molecule has 0 bridgehead atoms. The first-order valence-corrected chi connectivity index (χ1v) is 7.73. The van der Waals surface area contributed by atoms with Gasteiger partial charge in [-0.25, -0.2) is 8.42 Å². The minimum atomic E-state index is -3.29. The quantitative estimate of drug-likeness (QED) is 0.841. The maximum atomic E-state index is 12.4. The molecule has 4 nitrogen and oxygen atoms in total. The van der Waals surface area contributed by atoms with Crippen LogP contribution in [0.2, 0.25) is 0 Å². The molecule has 18 heavy (non-hydrogen) atoms. The van der Waals surface area contributed by atoms with Crippen LogP contribution in [0.4, 0.5) is 5.69 Å². The Labute approximate surface area is 109 Å². The second-order valence-corrected chi connectivity index (χ2v) is 6.79. The molecule has 0 amide bonds. The molecule has 2 rings (SSSR count). The molecule has 0 spiro atoms. The number of hydrogen-bond acceptors (Lipinski definition) is 3. The van der Waals surface area contributed by atoms with Crippen LogP contribution >= 0.6 is 0 Å². The van der Waals surface area contributed by atoms with E-state index in [1.807, 2.05) is 31.1 Å². The molecule has 1 aliphatic rings. The second-order valence-electron chi connectivity index (χ2n) is 4.85. The van der Waals surface area contributed by atoms with Crippen molar-refractivity contribution in [1.29, 1.82) is 0 Å². The van der Waals surface area contributed by atoms with Gasteiger partial charge in [0.2, 0.25) is 10.0 Å². The fourth-order valence-corrected chi connectivity index (χ4v) is 3.69. The van der Waals surface area contributed by atoms with Gasteiger partial charge in [0.15, 0.2) is 0 Å². The van der Waals surface area contributed by atoms with E-state index in [0.717, 1.165) is 24.9 Å². The van der Waals surface area contributed by atoms with Crippen molar-refractivity contribution in [2.45, 2.75) is 24.2 Å². The van der Waals surface area contributed by atoms with Crippen LogP contribution in [0.25, 0.3) is 0 Å². The molecule has 1 saturated heterocycles. The molecule has 1 heterocycles. The van der Waals surface area contributed by atoms with Gasteiger partial charge in [-0.1, -0.05) is 6.42 Å². The van der Waals surface area contributed by atoms with Crippen LogP contribution in [0.15, 0.2) is 29.2 Å². The second kappa shape index (κ2) is 5.28. The Kier molecular flexibility index (Phi) is 3.92. The van der Waals surface area contributed by atoms with E-state index in [4.69, 9.17) is 0 Å². The van der Waals surface area contributed by atoms with Gasteiger partial charge in [0.25, 0.3) is 0 Å². The van der Waals surface area contributed by atoms with Gasteiger partial charge in [-0.2, -0.15) is 4.31 Å². The van der Waals surface area contributed by atoms with Crippen LogP contribution in [0, 0.1) is 0 Å². The fourth-order valence-electron chi connectivity index (χ4n) is 2.17. The van der Waals surface area contributed by atoms with Crippen molar-refractivity contribution in [1.82, 2.24) is 4.31 Å². The zero-order valence-electron chi connectivity index (χ0n) is 11.0. The molecule has 0 aromatic heterocycles. The third-order valence-corrected chi connectivity index (χ3v) is 5.22. The van der Waals surface area contributed by atoms with Gasteiger partial charge in [0.1, 0.15) is 0 Å². The van der Waals surface area contributed by atoms with E-state index in [-0.39, 0.29) is 0 Å². The van der Waals surface area contributed by atoms with Crippen LogP contribution in [-0.4, -0.2) is 39.9 Å². The average molecular weight is 268 g/mol. The van der Waals surface area contributed by atoms with Gasteiger partial charge in [-0.05, 0) is 37.1 Å². The number of benzene rings is 1. The molecule has 0 unspecified atom stereocenters. The van der Waals surface area contributed by atoms with E-state index in [1.54, 1.807) is 16.4 Å². The molecule has 0 saturated carbocycles. The Bertz CT molecular complexity index is 488. The highest BCUT2D eigenvalue weighted by molar-refractivity contribution is 7.89. The summed E-state index contributed by atoms with van der Waals surface area (Å²) < 4.78 is 26.4. The summed E-state index contributed by atoms with van der Waals surface area (Å²) in [6, 6.07) is 7.08. The first-order valence-electron chi connectivity index (χ1n) is 6.29. The van der Waals surface area contributed by atoms with Crippen LogP contribution in [0.5, 0.6) is 0 Å². The summed E-state index contributed by atoms with van der Waals surface area (Å²) in [7, 11) is 0.588. The van der Waals surface area contributed by atoms with Gasteiger partial charge in [-0.15, -0.1) is 0 Å². The van der Waals surface area contributed by atoms with Gasteiger partial charge < -0.3 is 4.90 Å². The Hall–Kier alpha value is -1.07. The Morgan fingerprint density at radius 2 is 1.56 bits per heavy atom. The molecule has 5 heteroatoms. The topological polar surface area (TPSA) is 40.6 Å². The van der Waals surface area contributed by atoms with Crippen LogP contribution in [0.1, 0.15) is 19.3 Å². The van der Waals surface area contributed by atoms with Crippen molar-refractivity contribution >= 4 is 15.7 Å². The van der Waals surface area contributed by atoms with Crippen LogP contribution in [-0.2, 0) is 10.0 Å². The maximum Gasteiger partial charge on any atom is 0.243 e. The lowest BCUT2D eigenvalue weighted by molar-refractivity contribution is 0.346. The van der Waals surface area contributed by atoms with Crippen LogP contribution < -0.4 is 4.90 Å². The van der Waals surface area contributed by atoms with Gasteiger partial charge in [0.05, 0.1) is 4.90 Å². The molecular weight excluding hydrogens is 248 g/mol. The highest BCUT2D eigenvalue weighted by Gasteiger charge is 2.25. The molecule has 1 aliphatic heterocycles. The summed E-state index contributed by atoms with van der Waals surface area (Å²) >= 11 is 0. The fraction of sp³-hybridized carbons (Fsp3) is 0.538. The van der Waals surface area contributed by atoms with Crippen molar-refractivity contribution in [2.75, 3.05) is 32.1 Å². The predicted molar refractivity (Wildman–Crippen MR) is 73.4 cm³/mol. The predicted octanol–water partition coefficient (Wildman–Crippen LogP) is 1.93. The molecule has 0 N–H and O–H groups in total. The average Bonchev–Trinajstić information content (AvgIpc) is 2.40. The van der Waals surface area contributed by atoms with Crippen molar-refractivity contribution in [3.63, 3.8) is 0 Å². The van der Waals surface area contributed by atoms with Gasteiger partial charge >= 0.3 is 0 Å². The molecule has 0 radical (unpaired) electrons. The van der Waals surface area contributed by atoms with Crippen LogP contribution in [0.3, 0.4) is 0 Å². The van der Waals surface area contributed by atoms with E-state index in [9.17, 15) is 8.42 Å².